The van der Waals surface area contributed by atoms with E-state index in [0.717, 1.165) is 18.1 Å². The third-order valence-corrected chi connectivity index (χ3v) is 5.87. The SMILES string of the molecule is CCC1(CNC(=NC)NCc2cccc(S(N)(=O)=O)c2)CCCC1. The van der Waals surface area contributed by atoms with Crippen LogP contribution in [0.4, 0.5) is 0 Å². The van der Waals surface area contributed by atoms with Crippen molar-refractivity contribution in [3.63, 3.8) is 0 Å². The number of hydrogen-bond donors (Lipinski definition) is 3. The maximum atomic E-state index is 11.4. The highest BCUT2D eigenvalue weighted by molar-refractivity contribution is 7.89. The molecule has 0 radical (unpaired) electrons. The average Bonchev–Trinajstić information content (AvgIpc) is 3.04. The number of sulfonamides is 1. The Balaban J connectivity index is 1.92. The van der Waals surface area contributed by atoms with E-state index in [4.69, 9.17) is 5.14 Å². The minimum Gasteiger partial charge on any atom is -0.356 e. The first kappa shape index (κ1) is 18.7. The Labute approximate surface area is 145 Å². The molecule has 1 fully saturated rings. The molecule has 1 aliphatic carbocycles. The van der Waals surface area contributed by atoms with Crippen LogP contribution in [0.1, 0.15) is 44.6 Å². The molecule has 24 heavy (non-hydrogen) atoms. The molecule has 0 saturated heterocycles. The van der Waals surface area contributed by atoms with Gasteiger partial charge in [0.2, 0.25) is 10.0 Å². The van der Waals surface area contributed by atoms with Crippen LogP contribution in [-0.2, 0) is 16.6 Å². The van der Waals surface area contributed by atoms with Gasteiger partial charge in [-0.15, -0.1) is 0 Å². The summed E-state index contributed by atoms with van der Waals surface area (Å²) in [5, 5.41) is 11.8. The molecule has 0 aromatic heterocycles. The summed E-state index contributed by atoms with van der Waals surface area (Å²) in [5.41, 5.74) is 1.22. The smallest absolute Gasteiger partial charge is 0.238 e. The Morgan fingerprint density at radius 3 is 2.58 bits per heavy atom. The lowest BCUT2D eigenvalue weighted by atomic mass is 9.83. The number of nitrogens with two attached hydrogens (primary N) is 1. The van der Waals surface area contributed by atoms with E-state index in [1.165, 1.54) is 38.2 Å². The van der Waals surface area contributed by atoms with Crippen LogP contribution < -0.4 is 15.8 Å². The summed E-state index contributed by atoms with van der Waals surface area (Å²) < 4.78 is 22.8. The highest BCUT2D eigenvalue weighted by Gasteiger charge is 2.31. The molecule has 1 aromatic carbocycles. The van der Waals surface area contributed by atoms with Gasteiger partial charge in [-0.25, -0.2) is 13.6 Å². The first-order valence-electron chi connectivity index (χ1n) is 8.45. The van der Waals surface area contributed by atoms with Gasteiger partial charge in [0.25, 0.3) is 0 Å². The summed E-state index contributed by atoms with van der Waals surface area (Å²) in [6.07, 6.45) is 6.32. The fraction of sp³-hybridized carbons (Fsp3) is 0.588. The molecule has 4 N–H and O–H groups in total. The fourth-order valence-corrected chi connectivity index (χ4v) is 3.87. The zero-order valence-corrected chi connectivity index (χ0v) is 15.3. The molecule has 2 rings (SSSR count). The van der Waals surface area contributed by atoms with Crippen LogP contribution in [0.5, 0.6) is 0 Å². The number of guanidine groups is 1. The van der Waals surface area contributed by atoms with Gasteiger partial charge >= 0.3 is 0 Å². The van der Waals surface area contributed by atoms with Crippen molar-refractivity contribution in [2.75, 3.05) is 13.6 Å². The van der Waals surface area contributed by atoms with Crippen molar-refractivity contribution in [2.24, 2.45) is 15.5 Å². The van der Waals surface area contributed by atoms with Crippen molar-refractivity contribution in [1.29, 1.82) is 0 Å². The third kappa shape index (κ3) is 4.95. The normalized spacial score (nSPS) is 17.7. The van der Waals surface area contributed by atoms with E-state index >= 15 is 0 Å². The molecule has 0 atom stereocenters. The van der Waals surface area contributed by atoms with Crippen molar-refractivity contribution in [2.45, 2.75) is 50.5 Å². The molecule has 0 heterocycles. The molecule has 0 unspecified atom stereocenters. The molecule has 1 aliphatic rings. The summed E-state index contributed by atoms with van der Waals surface area (Å²) in [5.74, 6) is 0.732. The lowest BCUT2D eigenvalue weighted by Gasteiger charge is -2.28. The number of benzene rings is 1. The summed E-state index contributed by atoms with van der Waals surface area (Å²) in [7, 11) is -1.94. The monoisotopic (exact) mass is 352 g/mol. The van der Waals surface area contributed by atoms with Crippen LogP contribution in [0.3, 0.4) is 0 Å². The summed E-state index contributed by atoms with van der Waals surface area (Å²) >= 11 is 0. The third-order valence-electron chi connectivity index (χ3n) is 4.96. The predicted octanol–water partition coefficient (Wildman–Crippen LogP) is 1.97. The van der Waals surface area contributed by atoms with Crippen molar-refractivity contribution in [1.82, 2.24) is 10.6 Å². The van der Waals surface area contributed by atoms with Crippen molar-refractivity contribution in [3.05, 3.63) is 29.8 Å². The van der Waals surface area contributed by atoms with Gasteiger partial charge in [0, 0.05) is 20.1 Å². The lowest BCUT2D eigenvalue weighted by Crippen LogP contribution is -2.42. The van der Waals surface area contributed by atoms with Crippen LogP contribution in [0.2, 0.25) is 0 Å². The Morgan fingerprint density at radius 1 is 1.29 bits per heavy atom. The number of nitrogens with one attached hydrogen (secondary N) is 2. The van der Waals surface area contributed by atoms with E-state index in [1.54, 1.807) is 19.2 Å². The number of hydrogen-bond acceptors (Lipinski definition) is 3. The molecule has 0 amide bonds. The molecular weight excluding hydrogens is 324 g/mol. The second kappa shape index (κ2) is 7.98. The van der Waals surface area contributed by atoms with Crippen LogP contribution in [-0.4, -0.2) is 28.0 Å². The second-order valence-corrected chi connectivity index (χ2v) is 8.09. The quantitative estimate of drug-likeness (QED) is 0.539. The van der Waals surface area contributed by atoms with Crippen molar-refractivity contribution in [3.8, 4) is 0 Å². The zero-order valence-electron chi connectivity index (χ0n) is 14.5. The molecule has 134 valence electrons. The Hall–Kier alpha value is -1.60. The zero-order chi connectivity index (χ0) is 17.6. The second-order valence-electron chi connectivity index (χ2n) is 6.53. The van der Waals surface area contributed by atoms with Crippen LogP contribution in [0.15, 0.2) is 34.2 Å². The van der Waals surface area contributed by atoms with Crippen molar-refractivity contribution < 1.29 is 8.42 Å². The molecule has 0 aliphatic heterocycles. The Morgan fingerprint density at radius 2 is 2.00 bits per heavy atom. The summed E-state index contributed by atoms with van der Waals surface area (Å²) in [6, 6.07) is 6.63. The van der Waals surface area contributed by atoms with Gasteiger partial charge in [-0.1, -0.05) is 31.9 Å². The maximum Gasteiger partial charge on any atom is 0.238 e. The van der Waals surface area contributed by atoms with Gasteiger partial charge in [-0.05, 0) is 42.4 Å². The highest BCUT2D eigenvalue weighted by Crippen LogP contribution is 2.40. The van der Waals surface area contributed by atoms with Crippen LogP contribution >= 0.6 is 0 Å². The molecular formula is C17H28N4O2S. The molecule has 0 bridgehead atoms. The Kier molecular flexibility index (Phi) is 6.23. The van der Waals surface area contributed by atoms with Gasteiger partial charge in [-0.2, -0.15) is 0 Å². The average molecular weight is 353 g/mol. The van der Waals surface area contributed by atoms with E-state index < -0.39 is 10.0 Å². The molecule has 6 nitrogen and oxygen atoms in total. The van der Waals surface area contributed by atoms with E-state index in [2.05, 4.69) is 22.5 Å². The highest BCUT2D eigenvalue weighted by atomic mass is 32.2. The van der Waals surface area contributed by atoms with Crippen LogP contribution in [0, 0.1) is 5.41 Å². The van der Waals surface area contributed by atoms with E-state index in [0.29, 0.717) is 12.0 Å². The summed E-state index contributed by atoms with van der Waals surface area (Å²) in [6.45, 7) is 3.66. The predicted molar refractivity (Wildman–Crippen MR) is 97.2 cm³/mol. The first-order valence-corrected chi connectivity index (χ1v) is 9.99. The minimum absolute atomic E-state index is 0.126. The standard InChI is InChI=1S/C17H28N4O2S/c1-3-17(9-4-5-10-17)13-21-16(19-2)20-12-14-7-6-8-15(11-14)24(18,22)23/h6-8,11H,3-5,9-10,12-13H2,1-2H3,(H2,18,22,23)(H2,19,20,21). The van der Waals surface area contributed by atoms with Gasteiger partial charge in [0.05, 0.1) is 4.90 Å². The van der Waals surface area contributed by atoms with Gasteiger partial charge in [0.15, 0.2) is 5.96 Å². The molecule has 1 saturated carbocycles. The van der Waals surface area contributed by atoms with E-state index in [-0.39, 0.29) is 4.90 Å². The number of rotatable bonds is 6. The molecule has 0 spiro atoms. The van der Waals surface area contributed by atoms with Gasteiger partial charge in [-0.3, -0.25) is 4.99 Å². The lowest BCUT2D eigenvalue weighted by molar-refractivity contribution is 0.283. The van der Waals surface area contributed by atoms with Gasteiger partial charge < -0.3 is 10.6 Å². The summed E-state index contributed by atoms with van der Waals surface area (Å²) in [4.78, 5) is 4.38. The maximum absolute atomic E-state index is 11.4. The Bertz CT molecular complexity index is 680. The van der Waals surface area contributed by atoms with Gasteiger partial charge in [0.1, 0.15) is 0 Å². The first-order chi connectivity index (χ1) is 11.4. The number of aliphatic imine (C=N–C) groups is 1. The number of primary sulfonamides is 1. The van der Waals surface area contributed by atoms with E-state index in [1.807, 2.05) is 6.07 Å². The fourth-order valence-electron chi connectivity index (χ4n) is 3.29. The number of nitrogens with zero attached hydrogens (tertiary/aromatic N) is 1. The topological polar surface area (TPSA) is 96.6 Å². The molecule has 1 aromatic rings. The van der Waals surface area contributed by atoms with Crippen LogP contribution in [0.25, 0.3) is 0 Å². The van der Waals surface area contributed by atoms with Crippen molar-refractivity contribution >= 4 is 16.0 Å². The minimum atomic E-state index is -3.68. The van der Waals surface area contributed by atoms with E-state index in [9.17, 15) is 8.42 Å². The largest absolute Gasteiger partial charge is 0.356 e. The molecule has 7 heteroatoms.